The van der Waals surface area contributed by atoms with Gasteiger partial charge in [-0.1, -0.05) is 13.8 Å². The Hall–Kier alpha value is -1.56. The minimum atomic E-state index is -0.804. The summed E-state index contributed by atoms with van der Waals surface area (Å²) >= 11 is 0. The summed E-state index contributed by atoms with van der Waals surface area (Å²) in [4.78, 5) is 13.8. The molecule has 4 N–H and O–H groups in total. The summed E-state index contributed by atoms with van der Waals surface area (Å²) in [7, 11) is 0. The van der Waals surface area contributed by atoms with Gasteiger partial charge in [-0.3, -0.25) is 9.89 Å². The van der Waals surface area contributed by atoms with E-state index in [4.69, 9.17) is 5.73 Å². The van der Waals surface area contributed by atoms with Crippen LogP contribution in [0, 0.1) is 0 Å². The van der Waals surface area contributed by atoms with Crippen LogP contribution in [0.2, 0.25) is 0 Å². The van der Waals surface area contributed by atoms with Crippen molar-refractivity contribution < 1.29 is 9.90 Å². The molecule has 18 heavy (non-hydrogen) atoms. The Morgan fingerprint density at radius 1 is 1.61 bits per heavy atom. The number of hydrogen-bond acceptors (Lipinski definition) is 4. The number of aliphatic hydroxyl groups is 1. The van der Waals surface area contributed by atoms with Crippen molar-refractivity contribution in [2.24, 2.45) is 0 Å². The third-order valence-corrected chi connectivity index (χ3v) is 3.35. The monoisotopic (exact) mass is 252 g/mol. The van der Waals surface area contributed by atoms with Crippen LogP contribution in [0.25, 0.3) is 0 Å². The fraction of sp³-hybridized carbons (Fsp3) is 0.667. The summed E-state index contributed by atoms with van der Waals surface area (Å²) < 4.78 is 0. The van der Waals surface area contributed by atoms with Gasteiger partial charge in [0, 0.05) is 13.1 Å². The fourth-order valence-electron chi connectivity index (χ4n) is 2.24. The molecular weight excluding hydrogens is 232 g/mol. The second-order valence-corrected chi connectivity index (χ2v) is 5.53. The van der Waals surface area contributed by atoms with Gasteiger partial charge in [0.05, 0.1) is 17.0 Å². The number of β-amino-alcohol motifs (C(OH)–C–C–N with tert-alkyl or cyclic N) is 1. The third kappa shape index (κ3) is 2.20. The van der Waals surface area contributed by atoms with Crippen LogP contribution < -0.4 is 5.73 Å². The number of carbonyl (C=O) groups excluding carboxylic acids is 1. The smallest absolute Gasteiger partial charge is 0.276 e. The lowest BCUT2D eigenvalue weighted by Gasteiger charge is -2.18. The molecule has 1 aliphatic heterocycles. The lowest BCUT2D eigenvalue weighted by atomic mass is 10.1. The van der Waals surface area contributed by atoms with E-state index in [1.54, 1.807) is 11.8 Å². The molecule has 1 amide bonds. The highest BCUT2D eigenvalue weighted by Crippen LogP contribution is 2.26. The number of nitrogen functional groups attached to an aromatic ring is 1. The van der Waals surface area contributed by atoms with E-state index in [2.05, 4.69) is 10.2 Å². The van der Waals surface area contributed by atoms with Crippen LogP contribution >= 0.6 is 0 Å². The van der Waals surface area contributed by atoms with E-state index in [1.807, 2.05) is 13.8 Å². The summed E-state index contributed by atoms with van der Waals surface area (Å²) in [5.41, 5.74) is 6.59. The Labute approximate surface area is 106 Å². The highest BCUT2D eigenvalue weighted by molar-refractivity contribution is 5.97. The van der Waals surface area contributed by atoms with Crippen LogP contribution in [0.4, 0.5) is 5.69 Å². The van der Waals surface area contributed by atoms with E-state index in [0.717, 1.165) is 5.69 Å². The van der Waals surface area contributed by atoms with Crippen molar-refractivity contribution in [3.05, 3.63) is 11.4 Å². The van der Waals surface area contributed by atoms with Gasteiger partial charge in [-0.2, -0.15) is 5.10 Å². The number of nitrogens with one attached hydrogen (secondary N) is 1. The summed E-state index contributed by atoms with van der Waals surface area (Å²) in [5.74, 6) is -0.0193. The number of nitrogens with zero attached hydrogens (tertiary/aromatic N) is 2. The van der Waals surface area contributed by atoms with E-state index in [1.165, 1.54) is 0 Å². The molecule has 1 saturated heterocycles. The summed E-state index contributed by atoms with van der Waals surface area (Å²) in [6.45, 7) is 6.57. The molecule has 1 fully saturated rings. The van der Waals surface area contributed by atoms with E-state index in [0.29, 0.717) is 25.2 Å². The number of amides is 1. The minimum Gasteiger partial charge on any atom is -0.395 e. The third-order valence-electron chi connectivity index (χ3n) is 3.35. The van der Waals surface area contributed by atoms with Crippen molar-refractivity contribution in [2.45, 2.75) is 38.7 Å². The van der Waals surface area contributed by atoms with Crippen molar-refractivity contribution in [2.75, 3.05) is 18.8 Å². The molecule has 1 atom stereocenters. The van der Waals surface area contributed by atoms with Gasteiger partial charge in [0.2, 0.25) is 0 Å². The number of H-pyrrole nitrogens is 1. The summed E-state index contributed by atoms with van der Waals surface area (Å²) in [5, 5.41) is 16.7. The van der Waals surface area contributed by atoms with E-state index >= 15 is 0 Å². The molecule has 2 heterocycles. The molecule has 0 aliphatic carbocycles. The Kier molecular flexibility index (Phi) is 3.06. The van der Waals surface area contributed by atoms with Crippen LogP contribution in [0.5, 0.6) is 0 Å². The molecule has 1 aromatic rings. The normalized spacial score (nSPS) is 23.9. The maximum Gasteiger partial charge on any atom is 0.276 e. The van der Waals surface area contributed by atoms with Gasteiger partial charge in [-0.25, -0.2) is 0 Å². The Morgan fingerprint density at radius 3 is 2.72 bits per heavy atom. The van der Waals surface area contributed by atoms with Crippen molar-refractivity contribution in [3.8, 4) is 0 Å². The second-order valence-electron chi connectivity index (χ2n) is 5.53. The van der Waals surface area contributed by atoms with E-state index < -0.39 is 5.60 Å². The number of aromatic nitrogens is 2. The Morgan fingerprint density at radius 2 is 2.28 bits per heavy atom. The molecule has 0 radical (unpaired) electrons. The largest absolute Gasteiger partial charge is 0.395 e. The van der Waals surface area contributed by atoms with Crippen LogP contribution in [-0.2, 0) is 0 Å². The second kappa shape index (κ2) is 4.28. The van der Waals surface area contributed by atoms with Gasteiger partial charge in [0.25, 0.3) is 5.91 Å². The first-order valence-corrected chi connectivity index (χ1v) is 6.17. The molecule has 100 valence electrons. The van der Waals surface area contributed by atoms with Crippen molar-refractivity contribution in [3.63, 3.8) is 0 Å². The molecule has 0 saturated carbocycles. The van der Waals surface area contributed by atoms with Crippen molar-refractivity contribution >= 4 is 11.6 Å². The topological polar surface area (TPSA) is 95.2 Å². The molecule has 1 aromatic heterocycles. The van der Waals surface area contributed by atoms with Crippen LogP contribution in [-0.4, -0.2) is 44.8 Å². The quantitative estimate of drug-likeness (QED) is 0.722. The summed E-state index contributed by atoms with van der Waals surface area (Å²) in [6.07, 6.45) is 0.583. The van der Waals surface area contributed by atoms with Crippen LogP contribution in [0.3, 0.4) is 0 Å². The maximum atomic E-state index is 12.2. The van der Waals surface area contributed by atoms with Gasteiger partial charge in [0.15, 0.2) is 5.69 Å². The number of nitrogens with two attached hydrogens (primary N) is 1. The molecule has 0 aromatic carbocycles. The first-order chi connectivity index (χ1) is 8.32. The molecule has 0 spiro atoms. The number of anilines is 1. The number of carbonyl (C=O) groups is 1. The first kappa shape index (κ1) is 12.9. The average molecular weight is 252 g/mol. The van der Waals surface area contributed by atoms with Crippen molar-refractivity contribution in [1.82, 2.24) is 15.1 Å². The standard InChI is InChI=1S/C12H20N4O2/c1-7(2)9-8(13)10(15-14-9)11(17)16-5-4-12(3,18)6-16/h7,18H,4-6,13H2,1-3H3,(H,14,15). The number of hydrogen-bond donors (Lipinski definition) is 3. The zero-order valence-corrected chi connectivity index (χ0v) is 11.0. The lowest BCUT2D eigenvalue weighted by Crippen LogP contribution is -2.34. The SMILES string of the molecule is CC(C)c1[nH]nc(C(=O)N2CCC(C)(O)C2)c1N. The molecule has 0 bridgehead atoms. The zero-order chi connectivity index (χ0) is 13.5. The summed E-state index contributed by atoms with van der Waals surface area (Å²) in [6, 6.07) is 0. The highest BCUT2D eigenvalue weighted by atomic mass is 16.3. The lowest BCUT2D eigenvalue weighted by molar-refractivity contribution is 0.0569. The first-order valence-electron chi connectivity index (χ1n) is 6.17. The molecule has 6 heteroatoms. The molecular formula is C12H20N4O2. The molecule has 6 nitrogen and oxygen atoms in total. The average Bonchev–Trinajstić information content (AvgIpc) is 2.80. The molecule has 1 aliphatic rings. The van der Waals surface area contributed by atoms with Gasteiger partial charge in [0.1, 0.15) is 0 Å². The highest BCUT2D eigenvalue weighted by Gasteiger charge is 2.36. The molecule has 2 rings (SSSR count). The Bertz CT molecular complexity index is 465. The number of rotatable bonds is 2. The van der Waals surface area contributed by atoms with Gasteiger partial charge < -0.3 is 15.7 Å². The maximum absolute atomic E-state index is 12.2. The van der Waals surface area contributed by atoms with Crippen molar-refractivity contribution in [1.29, 1.82) is 0 Å². The van der Waals surface area contributed by atoms with Crippen LogP contribution in [0.15, 0.2) is 0 Å². The Balaban J connectivity index is 2.20. The van der Waals surface area contributed by atoms with Crippen LogP contribution in [0.1, 0.15) is 49.3 Å². The predicted octanol–water partition coefficient (Wildman–Crippen LogP) is 0.712. The number of aromatic amines is 1. The van der Waals surface area contributed by atoms with Gasteiger partial charge >= 0.3 is 0 Å². The minimum absolute atomic E-state index is 0.195. The molecule has 1 unspecified atom stereocenters. The van der Waals surface area contributed by atoms with Gasteiger partial charge in [-0.05, 0) is 19.3 Å². The zero-order valence-electron chi connectivity index (χ0n) is 11.0. The van der Waals surface area contributed by atoms with Gasteiger partial charge in [-0.15, -0.1) is 0 Å². The van der Waals surface area contributed by atoms with E-state index in [9.17, 15) is 9.90 Å². The number of likely N-dealkylation sites (tertiary alicyclic amines) is 1. The fourth-order valence-corrected chi connectivity index (χ4v) is 2.24. The van der Waals surface area contributed by atoms with E-state index in [-0.39, 0.29) is 17.5 Å². The predicted molar refractivity (Wildman–Crippen MR) is 68.2 cm³/mol.